The van der Waals surface area contributed by atoms with Crippen LogP contribution in [-0.2, 0) is 17.6 Å². The average molecular weight is 350 g/mol. The Bertz CT molecular complexity index is 777. The predicted molar refractivity (Wildman–Crippen MR) is 91.8 cm³/mol. The third kappa shape index (κ3) is 3.03. The number of aryl methyl sites for hydroxylation is 3. The molecule has 23 heavy (non-hydrogen) atoms. The van der Waals surface area contributed by atoms with E-state index in [1.165, 1.54) is 27.6 Å². The normalized spacial score (nSPS) is 13.0. The van der Waals surface area contributed by atoms with Crippen LogP contribution in [0.4, 0.5) is 5.00 Å². The second kappa shape index (κ2) is 6.41. The minimum Gasteiger partial charge on any atom is -0.462 e. The molecule has 0 atom stereocenters. The molecule has 0 aliphatic heterocycles. The number of aromatic nitrogens is 1. The highest BCUT2D eigenvalue weighted by Gasteiger charge is 2.29. The maximum Gasteiger partial charge on any atom is 0.341 e. The molecule has 0 radical (unpaired) electrons. The van der Waals surface area contributed by atoms with Gasteiger partial charge in [0.1, 0.15) is 9.88 Å². The van der Waals surface area contributed by atoms with Gasteiger partial charge in [-0.1, -0.05) is 0 Å². The molecule has 7 heteroatoms. The lowest BCUT2D eigenvalue weighted by Gasteiger charge is -2.07. The van der Waals surface area contributed by atoms with E-state index in [1.54, 1.807) is 6.92 Å². The fraction of sp³-hybridized carbons (Fsp3) is 0.438. The largest absolute Gasteiger partial charge is 0.462 e. The number of fused-ring (bicyclic) bond motifs is 1. The Hall–Kier alpha value is -1.73. The molecule has 1 amide bonds. The lowest BCUT2D eigenvalue weighted by atomic mass is 10.1. The molecule has 5 nitrogen and oxygen atoms in total. The lowest BCUT2D eigenvalue weighted by Crippen LogP contribution is -2.15. The van der Waals surface area contributed by atoms with Crippen molar-refractivity contribution in [3.05, 3.63) is 31.6 Å². The summed E-state index contributed by atoms with van der Waals surface area (Å²) in [5.41, 5.74) is 2.30. The number of rotatable bonds is 4. The monoisotopic (exact) mass is 350 g/mol. The average Bonchev–Trinajstić information content (AvgIpc) is 3.13. The number of hydrogen-bond donors (Lipinski definition) is 1. The summed E-state index contributed by atoms with van der Waals surface area (Å²) in [6.45, 7) is 5.80. The van der Waals surface area contributed by atoms with E-state index in [2.05, 4.69) is 10.3 Å². The maximum atomic E-state index is 12.5. The first-order chi connectivity index (χ1) is 11.0. The summed E-state index contributed by atoms with van der Waals surface area (Å²) in [7, 11) is 0. The van der Waals surface area contributed by atoms with Crippen molar-refractivity contribution in [2.45, 2.75) is 40.0 Å². The molecule has 1 aliphatic rings. The van der Waals surface area contributed by atoms with Crippen LogP contribution in [0, 0.1) is 13.8 Å². The molecule has 3 rings (SSSR count). The standard InChI is InChI=1S/C16H18N2O3S2/c1-4-21-16(20)12-10-6-5-7-11(10)23-15(12)18-14(19)13-8(2)17-9(3)22-13/h4-7H2,1-3H3,(H,18,19). The summed E-state index contributed by atoms with van der Waals surface area (Å²) in [6.07, 6.45) is 2.88. The Labute approximate surface area is 142 Å². The smallest absolute Gasteiger partial charge is 0.341 e. The van der Waals surface area contributed by atoms with Gasteiger partial charge in [0.25, 0.3) is 5.91 Å². The lowest BCUT2D eigenvalue weighted by molar-refractivity contribution is 0.0527. The Kier molecular flexibility index (Phi) is 4.50. The van der Waals surface area contributed by atoms with Crippen LogP contribution in [-0.4, -0.2) is 23.5 Å². The van der Waals surface area contributed by atoms with E-state index in [0.717, 1.165) is 29.8 Å². The van der Waals surface area contributed by atoms with Gasteiger partial charge >= 0.3 is 5.97 Å². The summed E-state index contributed by atoms with van der Waals surface area (Å²) in [5.74, 6) is -0.557. The molecule has 2 heterocycles. The van der Waals surface area contributed by atoms with Gasteiger partial charge in [-0.3, -0.25) is 4.79 Å². The van der Waals surface area contributed by atoms with Crippen molar-refractivity contribution < 1.29 is 14.3 Å². The molecule has 2 aromatic heterocycles. The van der Waals surface area contributed by atoms with E-state index in [9.17, 15) is 9.59 Å². The quantitative estimate of drug-likeness (QED) is 0.853. The van der Waals surface area contributed by atoms with Crippen LogP contribution in [0.25, 0.3) is 0 Å². The SMILES string of the molecule is CCOC(=O)c1c(NC(=O)c2sc(C)nc2C)sc2c1CCC2. The zero-order chi connectivity index (χ0) is 16.6. The van der Waals surface area contributed by atoms with Crippen molar-refractivity contribution in [2.75, 3.05) is 11.9 Å². The molecule has 122 valence electrons. The number of carbonyl (C=O) groups is 2. The van der Waals surface area contributed by atoms with Crippen molar-refractivity contribution in [3.63, 3.8) is 0 Å². The summed E-state index contributed by atoms with van der Waals surface area (Å²) in [5, 5.41) is 4.35. The molecule has 0 saturated carbocycles. The van der Waals surface area contributed by atoms with Crippen LogP contribution < -0.4 is 5.32 Å². The molecule has 0 spiro atoms. The fourth-order valence-electron chi connectivity index (χ4n) is 2.81. The van der Waals surface area contributed by atoms with E-state index in [4.69, 9.17) is 4.74 Å². The third-order valence-corrected chi connectivity index (χ3v) is 6.02. The number of thiophene rings is 1. The second-order valence-electron chi connectivity index (χ2n) is 5.38. The highest BCUT2D eigenvalue weighted by atomic mass is 32.1. The molecule has 0 unspecified atom stereocenters. The molecular formula is C16H18N2O3S2. The molecule has 1 aliphatic carbocycles. The first-order valence-corrected chi connectivity index (χ1v) is 9.21. The van der Waals surface area contributed by atoms with Crippen LogP contribution in [0.5, 0.6) is 0 Å². The van der Waals surface area contributed by atoms with Crippen LogP contribution in [0.1, 0.15) is 54.5 Å². The van der Waals surface area contributed by atoms with Gasteiger partial charge in [0, 0.05) is 4.88 Å². The summed E-state index contributed by atoms with van der Waals surface area (Å²) in [6, 6.07) is 0. The Morgan fingerprint density at radius 1 is 1.26 bits per heavy atom. The third-order valence-electron chi connectivity index (χ3n) is 3.74. The van der Waals surface area contributed by atoms with Crippen molar-refractivity contribution >= 4 is 39.6 Å². The number of hydrogen-bond acceptors (Lipinski definition) is 6. The van der Waals surface area contributed by atoms with Gasteiger partial charge in [-0.05, 0) is 45.6 Å². The molecule has 2 aromatic rings. The van der Waals surface area contributed by atoms with E-state index in [0.29, 0.717) is 27.7 Å². The first-order valence-electron chi connectivity index (χ1n) is 7.58. The van der Waals surface area contributed by atoms with Crippen LogP contribution in [0.2, 0.25) is 0 Å². The number of ether oxygens (including phenoxy) is 1. The highest BCUT2D eigenvalue weighted by Crippen LogP contribution is 2.39. The van der Waals surface area contributed by atoms with Crippen LogP contribution in [0.3, 0.4) is 0 Å². The number of amides is 1. The minimum atomic E-state index is -0.348. The van der Waals surface area contributed by atoms with E-state index in [1.807, 2.05) is 13.8 Å². The van der Waals surface area contributed by atoms with Gasteiger partial charge in [0.05, 0.1) is 22.9 Å². The van der Waals surface area contributed by atoms with E-state index in [-0.39, 0.29) is 11.9 Å². The van der Waals surface area contributed by atoms with Crippen LogP contribution in [0.15, 0.2) is 0 Å². The molecular weight excluding hydrogens is 332 g/mol. The zero-order valence-corrected chi connectivity index (χ0v) is 14.9. The summed E-state index contributed by atoms with van der Waals surface area (Å²) in [4.78, 5) is 30.9. The van der Waals surface area contributed by atoms with Gasteiger partial charge in [0.15, 0.2) is 0 Å². The zero-order valence-electron chi connectivity index (χ0n) is 13.3. The predicted octanol–water partition coefficient (Wildman–Crippen LogP) is 3.74. The summed E-state index contributed by atoms with van der Waals surface area (Å²) >= 11 is 2.85. The number of thiazole rings is 1. The summed E-state index contributed by atoms with van der Waals surface area (Å²) < 4.78 is 5.17. The number of nitrogens with one attached hydrogen (secondary N) is 1. The minimum absolute atomic E-state index is 0.210. The van der Waals surface area contributed by atoms with Crippen LogP contribution >= 0.6 is 22.7 Å². The molecule has 0 bridgehead atoms. The Morgan fingerprint density at radius 3 is 2.70 bits per heavy atom. The Morgan fingerprint density at radius 2 is 2.04 bits per heavy atom. The number of anilines is 1. The van der Waals surface area contributed by atoms with Gasteiger partial charge < -0.3 is 10.1 Å². The topological polar surface area (TPSA) is 68.3 Å². The van der Waals surface area contributed by atoms with Crippen molar-refractivity contribution in [1.82, 2.24) is 4.98 Å². The molecule has 0 saturated heterocycles. The molecule has 1 N–H and O–H groups in total. The van der Waals surface area contributed by atoms with Crippen molar-refractivity contribution in [2.24, 2.45) is 0 Å². The Balaban J connectivity index is 1.92. The van der Waals surface area contributed by atoms with Gasteiger partial charge in [-0.2, -0.15) is 0 Å². The second-order valence-corrected chi connectivity index (χ2v) is 7.69. The maximum absolute atomic E-state index is 12.5. The molecule has 0 aromatic carbocycles. The number of esters is 1. The fourth-order valence-corrected chi connectivity index (χ4v) is 4.90. The van der Waals surface area contributed by atoms with Crippen molar-refractivity contribution in [1.29, 1.82) is 0 Å². The van der Waals surface area contributed by atoms with Gasteiger partial charge in [-0.25, -0.2) is 9.78 Å². The number of nitrogens with zero attached hydrogens (tertiary/aromatic N) is 1. The first kappa shape index (κ1) is 16.1. The molecule has 0 fully saturated rings. The van der Waals surface area contributed by atoms with Gasteiger partial charge in [-0.15, -0.1) is 22.7 Å². The van der Waals surface area contributed by atoms with E-state index < -0.39 is 0 Å². The number of carbonyl (C=O) groups excluding carboxylic acids is 2. The van der Waals surface area contributed by atoms with Gasteiger partial charge in [0.2, 0.25) is 0 Å². The van der Waals surface area contributed by atoms with E-state index >= 15 is 0 Å². The van der Waals surface area contributed by atoms with Crippen molar-refractivity contribution in [3.8, 4) is 0 Å². The highest BCUT2D eigenvalue weighted by molar-refractivity contribution is 7.17.